The Kier molecular flexibility index (Phi) is 4.26. The third-order valence-electron chi connectivity index (χ3n) is 9.06. The second kappa shape index (κ2) is 5.97. The molecule has 0 aromatic heterocycles. The van der Waals surface area contributed by atoms with Gasteiger partial charge in [0.05, 0.1) is 6.10 Å². The van der Waals surface area contributed by atoms with Gasteiger partial charge in [-0.2, -0.15) is 0 Å². The predicted octanol–water partition coefficient (Wildman–Crippen LogP) is 4.50. The van der Waals surface area contributed by atoms with Gasteiger partial charge in [0.1, 0.15) is 0 Å². The van der Waals surface area contributed by atoms with Gasteiger partial charge < -0.3 is 9.64 Å². The molecule has 1 unspecified atom stereocenters. The summed E-state index contributed by atoms with van der Waals surface area (Å²) in [4.78, 5) is 14.4. The largest absolute Gasteiger partial charge is 0.378 e. The molecule has 25 heavy (non-hydrogen) atoms. The van der Waals surface area contributed by atoms with Crippen LogP contribution in [0.25, 0.3) is 0 Å². The zero-order valence-electron chi connectivity index (χ0n) is 16.9. The van der Waals surface area contributed by atoms with Crippen LogP contribution >= 0.6 is 0 Å². The maximum atomic E-state index is 12.3. The summed E-state index contributed by atoms with van der Waals surface area (Å²) in [5, 5.41) is 0. The molecule has 4 rings (SSSR count). The van der Waals surface area contributed by atoms with Crippen LogP contribution < -0.4 is 0 Å². The van der Waals surface area contributed by atoms with Gasteiger partial charge in [0.15, 0.2) is 0 Å². The highest BCUT2D eigenvalue weighted by Crippen LogP contribution is 2.66. The van der Waals surface area contributed by atoms with Crippen LogP contribution in [0.15, 0.2) is 0 Å². The third kappa shape index (κ3) is 2.51. The van der Waals surface area contributed by atoms with E-state index in [0.717, 1.165) is 43.1 Å². The first-order valence-electron chi connectivity index (χ1n) is 10.7. The average molecular weight is 348 g/mol. The zero-order chi connectivity index (χ0) is 18.0. The molecule has 4 fully saturated rings. The number of piperidine rings is 1. The summed E-state index contributed by atoms with van der Waals surface area (Å²) in [5.41, 5.74) is 0.805. The lowest BCUT2D eigenvalue weighted by molar-refractivity contribution is -0.164. The summed E-state index contributed by atoms with van der Waals surface area (Å²) < 4.78 is 6.08. The molecule has 8 atom stereocenters. The van der Waals surface area contributed by atoms with Gasteiger partial charge in [-0.05, 0) is 80.0 Å². The standard InChI is InChI=1S/C22H37NO2/c1-6-25-15-12-17-20-14(2)11-18-22(4,10-8-19(24)23(18)5)16(20)7-9-21(17,3)13-15/h14-18,20H,6-13H2,1-5H3/t14-,15-,16-,17-,18+,20?,21+,22+/m0/s1. The van der Waals surface area contributed by atoms with E-state index in [9.17, 15) is 4.79 Å². The highest BCUT2D eigenvalue weighted by atomic mass is 16.5. The van der Waals surface area contributed by atoms with Crippen LogP contribution in [0.5, 0.6) is 0 Å². The molecule has 0 radical (unpaired) electrons. The molecule has 3 saturated carbocycles. The lowest BCUT2D eigenvalue weighted by Gasteiger charge is -2.63. The molecule has 4 aliphatic rings. The molecule has 0 bridgehead atoms. The van der Waals surface area contributed by atoms with Gasteiger partial charge in [-0.25, -0.2) is 0 Å². The molecule has 3 aliphatic carbocycles. The quantitative estimate of drug-likeness (QED) is 0.736. The van der Waals surface area contributed by atoms with Gasteiger partial charge in [0.25, 0.3) is 0 Å². The van der Waals surface area contributed by atoms with E-state index in [0.29, 0.717) is 28.9 Å². The van der Waals surface area contributed by atoms with E-state index < -0.39 is 0 Å². The molecular formula is C22H37NO2. The Labute approximate surface area is 153 Å². The number of ether oxygens (including phenoxy) is 1. The van der Waals surface area contributed by atoms with Crippen molar-refractivity contribution in [1.82, 2.24) is 4.90 Å². The smallest absolute Gasteiger partial charge is 0.222 e. The third-order valence-corrected chi connectivity index (χ3v) is 9.06. The van der Waals surface area contributed by atoms with Crippen LogP contribution in [-0.4, -0.2) is 36.6 Å². The Hall–Kier alpha value is -0.570. The van der Waals surface area contributed by atoms with Crippen LogP contribution in [0.4, 0.5) is 0 Å². The number of amides is 1. The summed E-state index contributed by atoms with van der Waals surface area (Å²) in [6.45, 7) is 10.5. The molecule has 0 N–H and O–H groups in total. The Morgan fingerprint density at radius 1 is 1.20 bits per heavy atom. The van der Waals surface area contributed by atoms with Crippen molar-refractivity contribution in [2.75, 3.05) is 13.7 Å². The Bertz CT molecular complexity index is 548. The summed E-state index contributed by atoms with van der Waals surface area (Å²) in [6, 6.07) is 0.457. The fourth-order valence-corrected chi connectivity index (χ4v) is 7.82. The maximum Gasteiger partial charge on any atom is 0.222 e. The molecule has 142 valence electrons. The normalized spacial score (nSPS) is 52.5. The van der Waals surface area contributed by atoms with Crippen molar-refractivity contribution < 1.29 is 9.53 Å². The number of carbonyl (C=O) groups is 1. The lowest BCUT2D eigenvalue weighted by Crippen LogP contribution is -2.62. The molecule has 3 heteroatoms. The minimum Gasteiger partial charge on any atom is -0.378 e. The highest BCUT2D eigenvalue weighted by molar-refractivity contribution is 5.77. The van der Waals surface area contributed by atoms with Gasteiger partial charge in [-0.15, -0.1) is 0 Å². The summed E-state index contributed by atoms with van der Waals surface area (Å²) in [7, 11) is 2.06. The van der Waals surface area contributed by atoms with Crippen LogP contribution in [-0.2, 0) is 9.53 Å². The second-order valence-electron chi connectivity index (χ2n) is 10.2. The fourth-order valence-electron chi connectivity index (χ4n) is 7.82. The monoisotopic (exact) mass is 347 g/mol. The number of carbonyl (C=O) groups excluding carboxylic acids is 1. The lowest BCUT2D eigenvalue weighted by atomic mass is 9.45. The number of likely N-dealkylation sites (tertiary alicyclic amines) is 1. The van der Waals surface area contributed by atoms with Crippen molar-refractivity contribution in [2.24, 2.45) is 34.5 Å². The molecule has 0 spiro atoms. The van der Waals surface area contributed by atoms with Gasteiger partial charge in [-0.3, -0.25) is 4.79 Å². The zero-order valence-corrected chi connectivity index (χ0v) is 16.9. The van der Waals surface area contributed by atoms with Gasteiger partial charge in [0.2, 0.25) is 5.91 Å². The maximum absolute atomic E-state index is 12.3. The van der Waals surface area contributed by atoms with Crippen molar-refractivity contribution in [2.45, 2.75) is 84.8 Å². The van der Waals surface area contributed by atoms with Gasteiger partial charge >= 0.3 is 0 Å². The Balaban J connectivity index is 1.64. The minimum atomic E-state index is 0.324. The Morgan fingerprint density at radius 2 is 1.96 bits per heavy atom. The minimum absolute atomic E-state index is 0.324. The fraction of sp³-hybridized carbons (Fsp3) is 0.955. The van der Waals surface area contributed by atoms with Crippen molar-refractivity contribution in [3.8, 4) is 0 Å². The topological polar surface area (TPSA) is 29.5 Å². The molecule has 1 saturated heterocycles. The first kappa shape index (κ1) is 17.8. The van der Waals surface area contributed by atoms with Crippen LogP contribution in [0.1, 0.15) is 72.6 Å². The molecule has 1 aliphatic heterocycles. The SMILES string of the molecule is CCO[C@H]1C[C@H]2C3[C@@H](C)C[C@H]4N(C)C(=O)CC[C@]4(C)[C@H]3CC[C@]2(C)C1. The van der Waals surface area contributed by atoms with Crippen LogP contribution in [0.2, 0.25) is 0 Å². The molecule has 0 aromatic carbocycles. The molecule has 1 amide bonds. The van der Waals surface area contributed by atoms with Crippen molar-refractivity contribution in [3.05, 3.63) is 0 Å². The average Bonchev–Trinajstić information content (AvgIpc) is 2.90. The van der Waals surface area contributed by atoms with E-state index in [2.05, 4.69) is 39.6 Å². The highest BCUT2D eigenvalue weighted by Gasteiger charge is 2.62. The number of fused-ring (bicyclic) bond motifs is 5. The Morgan fingerprint density at radius 3 is 2.68 bits per heavy atom. The second-order valence-corrected chi connectivity index (χ2v) is 10.2. The van der Waals surface area contributed by atoms with Gasteiger partial charge in [0, 0.05) is 26.1 Å². The summed E-state index contributed by atoms with van der Waals surface area (Å²) >= 11 is 0. The number of hydrogen-bond donors (Lipinski definition) is 0. The van der Waals surface area contributed by atoms with E-state index >= 15 is 0 Å². The van der Waals surface area contributed by atoms with Gasteiger partial charge in [-0.1, -0.05) is 20.8 Å². The molecule has 3 nitrogen and oxygen atoms in total. The first-order valence-corrected chi connectivity index (χ1v) is 10.7. The van der Waals surface area contributed by atoms with E-state index in [1.807, 2.05) is 0 Å². The van der Waals surface area contributed by atoms with Crippen LogP contribution in [0.3, 0.4) is 0 Å². The molecule has 1 heterocycles. The molecule has 0 aromatic rings. The predicted molar refractivity (Wildman–Crippen MR) is 100 cm³/mol. The number of hydrogen-bond acceptors (Lipinski definition) is 2. The van der Waals surface area contributed by atoms with E-state index in [4.69, 9.17) is 4.74 Å². The number of rotatable bonds is 2. The first-order chi connectivity index (χ1) is 11.8. The van der Waals surface area contributed by atoms with Crippen molar-refractivity contribution in [3.63, 3.8) is 0 Å². The summed E-state index contributed by atoms with van der Waals surface area (Å²) in [6.07, 6.45) is 8.78. The van der Waals surface area contributed by atoms with Crippen LogP contribution in [0, 0.1) is 34.5 Å². The van der Waals surface area contributed by atoms with E-state index in [1.165, 1.54) is 32.1 Å². The molecular weight excluding hydrogens is 310 g/mol. The van der Waals surface area contributed by atoms with E-state index in [-0.39, 0.29) is 0 Å². The number of nitrogens with zero attached hydrogens (tertiary/aromatic N) is 1. The van der Waals surface area contributed by atoms with Crippen molar-refractivity contribution in [1.29, 1.82) is 0 Å². The summed E-state index contributed by atoms with van der Waals surface area (Å²) in [5.74, 6) is 3.52. The van der Waals surface area contributed by atoms with E-state index in [1.54, 1.807) is 0 Å². The van der Waals surface area contributed by atoms with Crippen molar-refractivity contribution >= 4 is 5.91 Å².